The normalized spacial score (nSPS) is 11.9. The zero-order chi connectivity index (χ0) is 17.7. The van der Waals surface area contributed by atoms with Crippen molar-refractivity contribution in [1.82, 2.24) is 5.32 Å². The molecule has 128 valence electrons. The second-order valence-electron chi connectivity index (χ2n) is 5.67. The molecule has 2 aromatic rings. The highest BCUT2D eigenvalue weighted by molar-refractivity contribution is 6.35. The average molecular weight is 366 g/mol. The van der Waals surface area contributed by atoms with E-state index in [9.17, 15) is 4.79 Å². The second kappa shape index (κ2) is 8.41. The molecule has 0 fully saturated rings. The van der Waals surface area contributed by atoms with E-state index in [1.54, 1.807) is 18.2 Å². The van der Waals surface area contributed by atoms with Crippen LogP contribution in [-0.4, -0.2) is 12.0 Å². The quantitative estimate of drug-likeness (QED) is 0.774. The lowest BCUT2D eigenvalue weighted by molar-refractivity contribution is -0.128. The van der Waals surface area contributed by atoms with E-state index in [4.69, 9.17) is 27.9 Å². The topological polar surface area (TPSA) is 38.3 Å². The summed E-state index contributed by atoms with van der Waals surface area (Å²) in [7, 11) is 0. The number of ether oxygens (including phenoxy) is 1. The van der Waals surface area contributed by atoms with E-state index in [-0.39, 0.29) is 5.91 Å². The molecule has 2 rings (SSSR count). The van der Waals surface area contributed by atoms with E-state index in [0.29, 0.717) is 23.0 Å². The molecular weight excluding hydrogens is 345 g/mol. The van der Waals surface area contributed by atoms with E-state index in [0.717, 1.165) is 22.4 Å². The van der Waals surface area contributed by atoms with Gasteiger partial charge in [0.2, 0.25) is 0 Å². The van der Waals surface area contributed by atoms with Gasteiger partial charge in [-0.05, 0) is 55.2 Å². The van der Waals surface area contributed by atoms with Crippen molar-refractivity contribution in [2.24, 2.45) is 0 Å². The standard InChI is InChI=1S/C19H21Cl2NO2/c1-4-17(24-18-7-5-6-12(2)13(18)3)19(23)22-11-14-8-9-15(20)10-16(14)21/h5-10,17H,4,11H2,1-3H3,(H,22,23). The van der Waals surface area contributed by atoms with Gasteiger partial charge in [-0.15, -0.1) is 0 Å². The maximum absolute atomic E-state index is 12.4. The Balaban J connectivity index is 2.02. The zero-order valence-electron chi connectivity index (χ0n) is 14.0. The van der Waals surface area contributed by atoms with Crippen LogP contribution in [0.2, 0.25) is 10.0 Å². The van der Waals surface area contributed by atoms with Crippen LogP contribution in [0.25, 0.3) is 0 Å². The molecule has 0 bridgehead atoms. The summed E-state index contributed by atoms with van der Waals surface area (Å²) in [6, 6.07) is 11.0. The van der Waals surface area contributed by atoms with Gasteiger partial charge < -0.3 is 10.1 Å². The SMILES string of the molecule is CCC(Oc1cccc(C)c1C)C(=O)NCc1ccc(Cl)cc1Cl. The van der Waals surface area contributed by atoms with Crippen molar-refractivity contribution in [2.75, 3.05) is 0 Å². The van der Waals surface area contributed by atoms with Crippen LogP contribution in [-0.2, 0) is 11.3 Å². The predicted molar refractivity (Wildman–Crippen MR) is 98.9 cm³/mol. The van der Waals surface area contributed by atoms with Crippen molar-refractivity contribution >= 4 is 29.1 Å². The molecule has 1 atom stereocenters. The van der Waals surface area contributed by atoms with Crippen LogP contribution in [0.5, 0.6) is 5.75 Å². The lowest BCUT2D eigenvalue weighted by Gasteiger charge is -2.19. The van der Waals surface area contributed by atoms with Gasteiger partial charge in [0.1, 0.15) is 5.75 Å². The van der Waals surface area contributed by atoms with Crippen LogP contribution >= 0.6 is 23.2 Å². The van der Waals surface area contributed by atoms with E-state index >= 15 is 0 Å². The molecule has 5 heteroatoms. The maximum Gasteiger partial charge on any atom is 0.261 e. The fourth-order valence-electron chi connectivity index (χ4n) is 2.29. The first kappa shape index (κ1) is 18.6. The first-order valence-electron chi connectivity index (χ1n) is 7.87. The van der Waals surface area contributed by atoms with E-state index < -0.39 is 6.10 Å². The molecule has 2 aromatic carbocycles. The van der Waals surface area contributed by atoms with Gasteiger partial charge in [-0.1, -0.05) is 48.3 Å². The fraction of sp³-hybridized carbons (Fsp3) is 0.316. The predicted octanol–water partition coefficient (Wildman–Crippen LogP) is 5.08. The van der Waals surface area contributed by atoms with Gasteiger partial charge in [0.25, 0.3) is 5.91 Å². The van der Waals surface area contributed by atoms with Crippen molar-refractivity contribution in [3.05, 3.63) is 63.1 Å². The minimum Gasteiger partial charge on any atom is -0.480 e. The van der Waals surface area contributed by atoms with Gasteiger partial charge in [-0.3, -0.25) is 4.79 Å². The van der Waals surface area contributed by atoms with Crippen LogP contribution in [0, 0.1) is 13.8 Å². The van der Waals surface area contributed by atoms with Crippen LogP contribution in [0.4, 0.5) is 0 Å². The summed E-state index contributed by atoms with van der Waals surface area (Å²) in [4.78, 5) is 12.4. The number of carbonyl (C=O) groups excluding carboxylic acids is 1. The van der Waals surface area contributed by atoms with Crippen molar-refractivity contribution in [1.29, 1.82) is 0 Å². The van der Waals surface area contributed by atoms with Crippen molar-refractivity contribution < 1.29 is 9.53 Å². The summed E-state index contributed by atoms with van der Waals surface area (Å²) in [5, 5.41) is 3.98. The minimum atomic E-state index is -0.545. The molecule has 0 heterocycles. The van der Waals surface area contributed by atoms with Gasteiger partial charge in [0.15, 0.2) is 6.10 Å². The van der Waals surface area contributed by atoms with Crippen molar-refractivity contribution in [3.63, 3.8) is 0 Å². The first-order chi connectivity index (χ1) is 11.4. The molecular formula is C19H21Cl2NO2. The van der Waals surface area contributed by atoms with E-state index in [1.165, 1.54) is 0 Å². The zero-order valence-corrected chi connectivity index (χ0v) is 15.5. The minimum absolute atomic E-state index is 0.163. The Labute approximate surface area is 152 Å². The molecule has 1 N–H and O–H groups in total. The smallest absolute Gasteiger partial charge is 0.261 e. The highest BCUT2D eigenvalue weighted by Gasteiger charge is 2.19. The van der Waals surface area contributed by atoms with E-state index in [1.807, 2.05) is 39.0 Å². The van der Waals surface area contributed by atoms with E-state index in [2.05, 4.69) is 5.32 Å². The third kappa shape index (κ3) is 4.65. The molecule has 0 saturated carbocycles. The van der Waals surface area contributed by atoms with Gasteiger partial charge in [-0.2, -0.15) is 0 Å². The Morgan fingerprint density at radius 1 is 1.21 bits per heavy atom. The number of aryl methyl sites for hydroxylation is 1. The molecule has 0 aliphatic carbocycles. The Morgan fingerprint density at radius 3 is 2.62 bits per heavy atom. The van der Waals surface area contributed by atoms with Crippen LogP contribution in [0.15, 0.2) is 36.4 Å². The van der Waals surface area contributed by atoms with Gasteiger partial charge in [0.05, 0.1) is 0 Å². The summed E-state index contributed by atoms with van der Waals surface area (Å²) in [5.74, 6) is 0.575. The Hall–Kier alpha value is -1.71. The maximum atomic E-state index is 12.4. The van der Waals surface area contributed by atoms with Crippen LogP contribution in [0.3, 0.4) is 0 Å². The highest BCUT2D eigenvalue weighted by atomic mass is 35.5. The molecule has 1 unspecified atom stereocenters. The molecule has 0 aromatic heterocycles. The third-order valence-electron chi connectivity index (χ3n) is 3.96. The summed E-state index contributed by atoms with van der Waals surface area (Å²) in [5.41, 5.74) is 3.00. The molecule has 0 aliphatic rings. The van der Waals surface area contributed by atoms with Crippen molar-refractivity contribution in [2.45, 2.75) is 39.8 Å². The summed E-state index contributed by atoms with van der Waals surface area (Å²) >= 11 is 12.0. The Kier molecular flexibility index (Phi) is 6.52. The number of amides is 1. The molecule has 24 heavy (non-hydrogen) atoms. The summed E-state index contributed by atoms with van der Waals surface area (Å²) in [6.45, 7) is 6.26. The average Bonchev–Trinajstić information content (AvgIpc) is 2.55. The first-order valence-corrected chi connectivity index (χ1v) is 8.62. The fourth-order valence-corrected chi connectivity index (χ4v) is 2.76. The number of carbonyl (C=O) groups is 1. The van der Waals surface area contributed by atoms with Gasteiger partial charge in [-0.25, -0.2) is 0 Å². The lowest BCUT2D eigenvalue weighted by Crippen LogP contribution is -2.37. The number of hydrogen-bond donors (Lipinski definition) is 1. The summed E-state index contributed by atoms with van der Waals surface area (Å²) in [6.07, 6.45) is 0.0321. The monoisotopic (exact) mass is 365 g/mol. The molecule has 0 aliphatic heterocycles. The number of rotatable bonds is 6. The van der Waals surface area contributed by atoms with Crippen molar-refractivity contribution in [3.8, 4) is 5.75 Å². The number of halogens is 2. The molecule has 3 nitrogen and oxygen atoms in total. The van der Waals surface area contributed by atoms with Crippen LogP contribution < -0.4 is 10.1 Å². The van der Waals surface area contributed by atoms with Crippen LogP contribution in [0.1, 0.15) is 30.0 Å². The Bertz CT molecular complexity index is 731. The third-order valence-corrected chi connectivity index (χ3v) is 4.54. The molecule has 0 spiro atoms. The largest absolute Gasteiger partial charge is 0.480 e. The number of benzene rings is 2. The summed E-state index contributed by atoms with van der Waals surface area (Å²) < 4.78 is 5.91. The Morgan fingerprint density at radius 2 is 1.96 bits per heavy atom. The van der Waals surface area contributed by atoms with Gasteiger partial charge in [0, 0.05) is 16.6 Å². The molecule has 0 radical (unpaired) electrons. The lowest BCUT2D eigenvalue weighted by atomic mass is 10.1. The number of hydrogen-bond acceptors (Lipinski definition) is 2. The van der Waals surface area contributed by atoms with Gasteiger partial charge >= 0.3 is 0 Å². The second-order valence-corrected chi connectivity index (χ2v) is 6.51. The number of nitrogens with one attached hydrogen (secondary N) is 1. The molecule has 1 amide bonds. The highest BCUT2D eigenvalue weighted by Crippen LogP contribution is 2.23. The molecule has 0 saturated heterocycles.